The zero-order chi connectivity index (χ0) is 19.3. The van der Waals surface area contributed by atoms with Crippen molar-refractivity contribution in [2.24, 2.45) is 0 Å². The van der Waals surface area contributed by atoms with Crippen molar-refractivity contribution in [2.45, 2.75) is 6.54 Å². The first-order chi connectivity index (χ1) is 13.7. The van der Waals surface area contributed by atoms with Crippen molar-refractivity contribution in [3.63, 3.8) is 0 Å². The number of rotatable bonds is 5. The Bertz CT molecular complexity index is 969. The number of nitrogens with zero attached hydrogens (tertiary/aromatic N) is 3. The van der Waals surface area contributed by atoms with Gasteiger partial charge in [-0.15, -0.1) is 0 Å². The van der Waals surface area contributed by atoms with Crippen LogP contribution in [0.4, 0.5) is 5.82 Å². The summed E-state index contributed by atoms with van der Waals surface area (Å²) in [6.07, 6.45) is 1.75. The zero-order valence-corrected chi connectivity index (χ0v) is 15.9. The standard InChI is InChI=1S/C20H19ClN4O3/c21-16-5-1-3-14(11-16)18-12-17(24-28-18)20(26)23-13-15-4-2-6-22-19(15)25-7-9-27-10-8-25/h1-6,11-12H,7-10,13H2,(H,23,26). The van der Waals surface area contributed by atoms with E-state index in [1.807, 2.05) is 24.3 Å². The molecule has 0 saturated carbocycles. The number of hydrogen-bond acceptors (Lipinski definition) is 6. The summed E-state index contributed by atoms with van der Waals surface area (Å²) in [4.78, 5) is 19.1. The van der Waals surface area contributed by atoms with Gasteiger partial charge in [0, 0.05) is 48.0 Å². The van der Waals surface area contributed by atoms with E-state index in [2.05, 4.69) is 20.4 Å². The number of morpholine rings is 1. The monoisotopic (exact) mass is 398 g/mol. The van der Waals surface area contributed by atoms with Crippen LogP contribution in [-0.4, -0.2) is 42.4 Å². The molecule has 0 bridgehead atoms. The number of carbonyl (C=O) groups excluding carboxylic acids is 1. The van der Waals surface area contributed by atoms with Crippen molar-refractivity contribution in [2.75, 3.05) is 31.2 Å². The Kier molecular flexibility index (Phi) is 5.55. The first kappa shape index (κ1) is 18.5. The summed E-state index contributed by atoms with van der Waals surface area (Å²) in [5.41, 5.74) is 1.92. The van der Waals surface area contributed by atoms with Gasteiger partial charge in [0.2, 0.25) is 0 Å². The average molecular weight is 399 g/mol. The second-order valence-electron chi connectivity index (χ2n) is 6.35. The van der Waals surface area contributed by atoms with Crippen LogP contribution >= 0.6 is 11.6 Å². The van der Waals surface area contributed by atoms with E-state index in [-0.39, 0.29) is 11.6 Å². The number of carbonyl (C=O) groups is 1. The maximum Gasteiger partial charge on any atom is 0.273 e. The number of benzene rings is 1. The second-order valence-corrected chi connectivity index (χ2v) is 6.79. The maximum atomic E-state index is 12.5. The van der Waals surface area contributed by atoms with Crippen molar-refractivity contribution in [1.29, 1.82) is 0 Å². The molecule has 0 radical (unpaired) electrons. The van der Waals surface area contributed by atoms with Gasteiger partial charge in [-0.2, -0.15) is 0 Å². The van der Waals surface area contributed by atoms with Crippen molar-refractivity contribution in [3.05, 3.63) is 64.9 Å². The highest BCUT2D eigenvalue weighted by molar-refractivity contribution is 6.30. The highest BCUT2D eigenvalue weighted by Gasteiger charge is 2.18. The van der Waals surface area contributed by atoms with E-state index in [1.54, 1.807) is 24.4 Å². The van der Waals surface area contributed by atoms with Gasteiger partial charge < -0.3 is 19.5 Å². The van der Waals surface area contributed by atoms with Crippen molar-refractivity contribution in [3.8, 4) is 11.3 Å². The molecular weight excluding hydrogens is 380 g/mol. The van der Waals surface area contributed by atoms with Crippen LogP contribution in [-0.2, 0) is 11.3 Å². The molecule has 1 aliphatic heterocycles. The molecule has 0 spiro atoms. The third-order valence-corrected chi connectivity index (χ3v) is 4.70. The molecule has 0 atom stereocenters. The maximum absolute atomic E-state index is 12.5. The van der Waals surface area contributed by atoms with Gasteiger partial charge in [-0.25, -0.2) is 4.98 Å². The molecule has 0 aliphatic carbocycles. The Morgan fingerprint density at radius 1 is 1.18 bits per heavy atom. The molecule has 1 aromatic carbocycles. The topological polar surface area (TPSA) is 80.5 Å². The zero-order valence-electron chi connectivity index (χ0n) is 15.1. The predicted octanol–water partition coefficient (Wildman–Crippen LogP) is 3.16. The molecule has 1 N–H and O–H groups in total. The lowest BCUT2D eigenvalue weighted by Gasteiger charge is -2.29. The first-order valence-electron chi connectivity index (χ1n) is 8.98. The van der Waals surface area contributed by atoms with E-state index >= 15 is 0 Å². The molecule has 2 aromatic heterocycles. The second kappa shape index (κ2) is 8.41. The Labute approximate surface area is 167 Å². The molecule has 1 amide bonds. The smallest absolute Gasteiger partial charge is 0.273 e. The number of anilines is 1. The minimum atomic E-state index is -0.311. The van der Waals surface area contributed by atoms with Gasteiger partial charge in [-0.05, 0) is 18.2 Å². The number of halogens is 1. The lowest BCUT2D eigenvalue weighted by atomic mass is 10.1. The minimum Gasteiger partial charge on any atom is -0.378 e. The lowest BCUT2D eigenvalue weighted by Crippen LogP contribution is -2.37. The lowest BCUT2D eigenvalue weighted by molar-refractivity contribution is 0.0941. The minimum absolute atomic E-state index is 0.215. The van der Waals surface area contributed by atoms with Gasteiger partial charge in [0.05, 0.1) is 13.2 Å². The molecule has 3 heterocycles. The molecule has 7 nitrogen and oxygen atoms in total. The van der Waals surface area contributed by atoms with Crippen LogP contribution in [0.25, 0.3) is 11.3 Å². The molecule has 4 rings (SSSR count). The predicted molar refractivity (Wildman–Crippen MR) is 105 cm³/mol. The number of aromatic nitrogens is 2. The molecular formula is C20H19ClN4O3. The van der Waals surface area contributed by atoms with E-state index in [0.717, 1.165) is 30.0 Å². The van der Waals surface area contributed by atoms with E-state index in [9.17, 15) is 4.79 Å². The summed E-state index contributed by atoms with van der Waals surface area (Å²) in [5, 5.41) is 7.35. The number of pyridine rings is 1. The van der Waals surface area contributed by atoms with Crippen LogP contribution in [0.3, 0.4) is 0 Å². The van der Waals surface area contributed by atoms with Gasteiger partial charge >= 0.3 is 0 Å². The van der Waals surface area contributed by atoms with Crippen LogP contribution in [0.5, 0.6) is 0 Å². The quantitative estimate of drug-likeness (QED) is 0.711. The van der Waals surface area contributed by atoms with E-state index in [0.29, 0.717) is 30.5 Å². The SMILES string of the molecule is O=C(NCc1cccnc1N1CCOCC1)c1cc(-c2cccc(Cl)c2)on1. The number of amides is 1. The molecule has 144 valence electrons. The van der Waals surface area contributed by atoms with Crippen LogP contribution in [0, 0.1) is 0 Å². The molecule has 1 aliphatic rings. The number of nitrogens with one attached hydrogen (secondary N) is 1. The Hall–Kier alpha value is -2.90. The number of hydrogen-bond donors (Lipinski definition) is 1. The van der Waals surface area contributed by atoms with Gasteiger partial charge in [-0.3, -0.25) is 4.79 Å². The van der Waals surface area contributed by atoms with Crippen LogP contribution in [0.2, 0.25) is 5.02 Å². The molecule has 3 aromatic rings. The molecule has 8 heteroatoms. The van der Waals surface area contributed by atoms with Crippen LogP contribution in [0.1, 0.15) is 16.1 Å². The van der Waals surface area contributed by atoms with E-state index in [4.69, 9.17) is 20.9 Å². The highest BCUT2D eigenvalue weighted by atomic mass is 35.5. The molecule has 28 heavy (non-hydrogen) atoms. The van der Waals surface area contributed by atoms with Gasteiger partial charge in [-0.1, -0.05) is 35.0 Å². The van der Waals surface area contributed by atoms with Gasteiger partial charge in [0.25, 0.3) is 5.91 Å². The van der Waals surface area contributed by atoms with E-state index < -0.39 is 0 Å². The molecule has 1 fully saturated rings. The third kappa shape index (κ3) is 4.16. The summed E-state index contributed by atoms with van der Waals surface area (Å²) in [6.45, 7) is 3.26. The summed E-state index contributed by atoms with van der Waals surface area (Å²) < 4.78 is 10.7. The fourth-order valence-electron chi connectivity index (χ4n) is 3.05. The normalized spacial score (nSPS) is 14.1. The largest absolute Gasteiger partial charge is 0.378 e. The van der Waals surface area contributed by atoms with Crippen LogP contribution < -0.4 is 10.2 Å². The molecule has 0 unspecified atom stereocenters. The van der Waals surface area contributed by atoms with Crippen molar-refractivity contribution in [1.82, 2.24) is 15.5 Å². The summed E-state index contributed by atoms with van der Waals surface area (Å²) in [6, 6.07) is 12.6. The summed E-state index contributed by atoms with van der Waals surface area (Å²) in [5.74, 6) is 1.04. The Morgan fingerprint density at radius 2 is 2.04 bits per heavy atom. The van der Waals surface area contributed by atoms with Gasteiger partial charge in [0.15, 0.2) is 11.5 Å². The molecule has 1 saturated heterocycles. The van der Waals surface area contributed by atoms with Crippen molar-refractivity contribution < 1.29 is 14.1 Å². The van der Waals surface area contributed by atoms with Crippen LogP contribution in [0.15, 0.2) is 53.2 Å². The fourth-order valence-corrected chi connectivity index (χ4v) is 3.24. The Morgan fingerprint density at radius 3 is 2.86 bits per heavy atom. The highest BCUT2D eigenvalue weighted by Crippen LogP contribution is 2.23. The fraction of sp³-hybridized carbons (Fsp3) is 0.250. The van der Waals surface area contributed by atoms with E-state index in [1.165, 1.54) is 0 Å². The van der Waals surface area contributed by atoms with Gasteiger partial charge in [0.1, 0.15) is 5.82 Å². The Balaban J connectivity index is 1.44. The summed E-state index contributed by atoms with van der Waals surface area (Å²) >= 11 is 6.00. The summed E-state index contributed by atoms with van der Waals surface area (Å²) in [7, 11) is 0. The number of ether oxygens (including phenoxy) is 1. The first-order valence-corrected chi connectivity index (χ1v) is 9.36. The average Bonchev–Trinajstić information content (AvgIpc) is 3.23. The third-order valence-electron chi connectivity index (χ3n) is 4.47. The van der Waals surface area contributed by atoms with Crippen molar-refractivity contribution >= 4 is 23.3 Å².